The minimum Gasteiger partial charge on any atom is -0.473 e. The summed E-state index contributed by atoms with van der Waals surface area (Å²) in [6, 6.07) is 19.2. The minimum atomic E-state index is -0.527. The van der Waals surface area contributed by atoms with Crippen molar-refractivity contribution in [3.63, 3.8) is 0 Å². The number of rotatable bonds is 6. The largest absolute Gasteiger partial charge is 0.473 e. The molecule has 0 radical (unpaired) electrons. The Morgan fingerprint density at radius 3 is 2.45 bits per heavy atom. The van der Waals surface area contributed by atoms with Crippen LogP contribution in [0.5, 0.6) is 17.4 Å². The van der Waals surface area contributed by atoms with E-state index in [0.29, 0.717) is 22.0 Å². The van der Waals surface area contributed by atoms with Gasteiger partial charge >= 0.3 is 5.69 Å². The third-order valence-electron chi connectivity index (χ3n) is 5.20. The van der Waals surface area contributed by atoms with E-state index in [-0.39, 0.29) is 18.2 Å². The summed E-state index contributed by atoms with van der Waals surface area (Å²) >= 11 is 6.02. The molecular weight excluding hydrogens is 443 g/mol. The zero-order chi connectivity index (χ0) is 23.5. The second kappa shape index (κ2) is 9.46. The van der Waals surface area contributed by atoms with Crippen molar-refractivity contribution in [3.05, 3.63) is 105 Å². The lowest BCUT2D eigenvalue weighted by molar-refractivity contribution is 0.290. The molecule has 3 aromatic carbocycles. The molecule has 4 rings (SSSR count). The van der Waals surface area contributed by atoms with Crippen LogP contribution in [0.2, 0.25) is 5.02 Å². The van der Waals surface area contributed by atoms with Crippen LogP contribution in [0.1, 0.15) is 16.7 Å². The smallest absolute Gasteiger partial charge is 0.351 e. The summed E-state index contributed by atoms with van der Waals surface area (Å²) in [4.78, 5) is 16.3. The van der Waals surface area contributed by atoms with Crippen LogP contribution < -0.4 is 15.2 Å². The molecule has 0 saturated heterocycles. The lowest BCUT2D eigenvalue weighted by atomic mass is 10.1. The topological polar surface area (TPSA) is 53.4 Å². The second-order valence-corrected chi connectivity index (χ2v) is 8.16. The number of hydrogen-bond donors (Lipinski definition) is 0. The molecule has 0 spiro atoms. The van der Waals surface area contributed by atoms with Crippen molar-refractivity contribution in [1.82, 2.24) is 9.55 Å². The Balaban J connectivity index is 1.50. The number of aromatic nitrogens is 2. The molecule has 0 saturated carbocycles. The Hall–Kier alpha value is -3.64. The Morgan fingerprint density at radius 2 is 1.76 bits per heavy atom. The number of nitrogens with zero attached hydrogens (tertiary/aromatic N) is 2. The molecule has 0 bridgehead atoms. The molecular formula is C26H22ClFN2O3. The molecule has 0 atom stereocenters. The van der Waals surface area contributed by atoms with Gasteiger partial charge in [0.2, 0.25) is 5.88 Å². The number of ether oxygens (including phenoxy) is 2. The van der Waals surface area contributed by atoms with Crippen LogP contribution in [0, 0.1) is 19.7 Å². The Bertz CT molecular complexity index is 1370. The highest BCUT2D eigenvalue weighted by Gasteiger charge is 2.11. The quantitative estimate of drug-likeness (QED) is 0.339. The maximum absolute atomic E-state index is 14.6. The van der Waals surface area contributed by atoms with Gasteiger partial charge in [-0.15, -0.1) is 0 Å². The van der Waals surface area contributed by atoms with E-state index in [9.17, 15) is 9.18 Å². The zero-order valence-corrected chi connectivity index (χ0v) is 19.2. The van der Waals surface area contributed by atoms with Crippen molar-refractivity contribution in [2.24, 2.45) is 7.05 Å². The van der Waals surface area contributed by atoms with Crippen molar-refractivity contribution < 1.29 is 13.9 Å². The highest BCUT2D eigenvalue weighted by Crippen LogP contribution is 2.28. The van der Waals surface area contributed by atoms with E-state index >= 15 is 0 Å². The molecule has 0 aliphatic heterocycles. The van der Waals surface area contributed by atoms with Gasteiger partial charge < -0.3 is 9.47 Å². The Morgan fingerprint density at radius 1 is 1.00 bits per heavy atom. The summed E-state index contributed by atoms with van der Waals surface area (Å²) in [5.41, 5.74) is 3.65. The number of hydrogen-bond acceptors (Lipinski definition) is 4. The summed E-state index contributed by atoms with van der Waals surface area (Å²) in [6.07, 6.45) is 0. The van der Waals surface area contributed by atoms with Gasteiger partial charge in [-0.25, -0.2) is 9.18 Å². The third-order valence-corrected chi connectivity index (χ3v) is 5.63. The fraction of sp³-hybridized carbons (Fsp3) is 0.154. The van der Waals surface area contributed by atoms with Gasteiger partial charge in [-0.2, -0.15) is 4.98 Å². The molecule has 0 aliphatic carbocycles. The first-order chi connectivity index (χ1) is 15.8. The van der Waals surface area contributed by atoms with Crippen molar-refractivity contribution in [3.8, 4) is 28.6 Å². The van der Waals surface area contributed by atoms with Crippen LogP contribution in [-0.4, -0.2) is 9.55 Å². The predicted octanol–water partition coefficient (Wildman–Crippen LogP) is 6.23. The third kappa shape index (κ3) is 5.23. The first-order valence-corrected chi connectivity index (χ1v) is 10.7. The van der Waals surface area contributed by atoms with Gasteiger partial charge in [-0.1, -0.05) is 47.5 Å². The summed E-state index contributed by atoms with van der Waals surface area (Å²) in [5.74, 6) is 0.230. The van der Waals surface area contributed by atoms with Crippen LogP contribution >= 0.6 is 11.6 Å². The number of aryl methyl sites for hydroxylation is 2. The summed E-state index contributed by atoms with van der Waals surface area (Å²) < 4.78 is 27.4. The van der Waals surface area contributed by atoms with Gasteiger partial charge in [0.1, 0.15) is 12.4 Å². The molecule has 5 nitrogen and oxygen atoms in total. The van der Waals surface area contributed by atoms with Crippen LogP contribution in [0.3, 0.4) is 0 Å². The lowest BCUT2D eigenvalue weighted by Gasteiger charge is -2.12. The molecule has 0 unspecified atom stereocenters. The SMILES string of the molecule is Cc1ccc(-c2cc(OCc3ccc(Oc4ccc(Cl)c(C)c4)c(F)c3)nc(=O)n2C)cc1. The van der Waals surface area contributed by atoms with E-state index < -0.39 is 11.5 Å². The molecule has 4 aromatic rings. The Labute approximate surface area is 196 Å². The molecule has 0 aliphatic rings. The maximum atomic E-state index is 14.6. The van der Waals surface area contributed by atoms with Gasteiger partial charge in [0, 0.05) is 18.1 Å². The zero-order valence-electron chi connectivity index (χ0n) is 18.4. The first kappa shape index (κ1) is 22.6. The highest BCUT2D eigenvalue weighted by molar-refractivity contribution is 6.31. The van der Waals surface area contributed by atoms with Crippen LogP contribution in [-0.2, 0) is 13.7 Å². The number of halogens is 2. The average molecular weight is 465 g/mol. The standard InChI is InChI=1S/C26H22ClFN2O3/c1-16-4-7-19(8-5-16)23-14-25(29-26(31)30(23)3)32-15-18-6-11-24(22(28)13-18)33-20-9-10-21(27)17(2)12-20/h4-14H,15H2,1-3H3. The molecule has 1 heterocycles. The van der Waals surface area contributed by atoms with Crippen molar-refractivity contribution >= 4 is 11.6 Å². The van der Waals surface area contributed by atoms with Crippen LogP contribution in [0.4, 0.5) is 4.39 Å². The molecule has 0 N–H and O–H groups in total. The predicted molar refractivity (Wildman–Crippen MR) is 127 cm³/mol. The summed E-state index contributed by atoms with van der Waals surface area (Å²) in [7, 11) is 1.66. The molecule has 0 fully saturated rings. The number of benzene rings is 3. The first-order valence-electron chi connectivity index (χ1n) is 10.3. The minimum absolute atomic E-state index is 0.0464. The maximum Gasteiger partial charge on any atom is 0.351 e. The van der Waals surface area contributed by atoms with Crippen molar-refractivity contribution in [1.29, 1.82) is 0 Å². The van der Waals surface area contributed by atoms with Crippen molar-refractivity contribution in [2.45, 2.75) is 20.5 Å². The van der Waals surface area contributed by atoms with E-state index in [2.05, 4.69) is 4.98 Å². The van der Waals surface area contributed by atoms with E-state index in [1.54, 1.807) is 37.4 Å². The average Bonchev–Trinajstić information content (AvgIpc) is 2.79. The summed E-state index contributed by atoms with van der Waals surface area (Å²) in [6.45, 7) is 3.89. The molecule has 168 valence electrons. The fourth-order valence-corrected chi connectivity index (χ4v) is 3.39. The van der Waals surface area contributed by atoms with Crippen molar-refractivity contribution in [2.75, 3.05) is 0 Å². The molecule has 1 aromatic heterocycles. The van der Waals surface area contributed by atoms with E-state index in [0.717, 1.165) is 16.7 Å². The van der Waals surface area contributed by atoms with Gasteiger partial charge in [0.25, 0.3) is 0 Å². The molecule has 7 heteroatoms. The van der Waals surface area contributed by atoms with Gasteiger partial charge in [0.05, 0.1) is 5.69 Å². The van der Waals surface area contributed by atoms with Gasteiger partial charge in [0.15, 0.2) is 11.6 Å². The second-order valence-electron chi connectivity index (χ2n) is 7.75. The highest BCUT2D eigenvalue weighted by atomic mass is 35.5. The van der Waals surface area contributed by atoms with E-state index in [1.807, 2.05) is 38.1 Å². The lowest BCUT2D eigenvalue weighted by Crippen LogP contribution is -2.22. The van der Waals surface area contributed by atoms with Gasteiger partial charge in [-0.3, -0.25) is 4.57 Å². The molecule has 0 amide bonds. The van der Waals surface area contributed by atoms with E-state index in [1.165, 1.54) is 16.7 Å². The fourth-order valence-electron chi connectivity index (χ4n) is 3.28. The van der Waals surface area contributed by atoms with Crippen LogP contribution in [0.25, 0.3) is 11.3 Å². The van der Waals surface area contributed by atoms with Gasteiger partial charge in [-0.05, 0) is 60.9 Å². The molecule has 33 heavy (non-hydrogen) atoms. The Kier molecular flexibility index (Phi) is 6.47. The normalized spacial score (nSPS) is 10.8. The van der Waals surface area contributed by atoms with Crippen LogP contribution in [0.15, 0.2) is 71.5 Å². The summed E-state index contributed by atoms with van der Waals surface area (Å²) in [5, 5.41) is 0.616. The van der Waals surface area contributed by atoms with E-state index in [4.69, 9.17) is 21.1 Å². The monoisotopic (exact) mass is 464 g/mol.